The molecule has 0 radical (unpaired) electrons. The first-order chi connectivity index (χ1) is 7.81. The number of ether oxygens (including phenoxy) is 1. The molecular formula is C13H20N2O. The molecule has 0 bridgehead atoms. The molecule has 2 rings (SSSR count). The summed E-state index contributed by atoms with van der Waals surface area (Å²) in [5.41, 5.74) is 11.0. The van der Waals surface area contributed by atoms with Crippen LogP contribution < -0.4 is 10.5 Å². The fourth-order valence-corrected chi connectivity index (χ4v) is 2.65. The second-order valence-electron chi connectivity index (χ2n) is 4.27. The highest BCUT2D eigenvalue weighted by molar-refractivity contribution is 5.44. The lowest BCUT2D eigenvalue weighted by Gasteiger charge is -2.22. The summed E-state index contributed by atoms with van der Waals surface area (Å²) < 4.78 is 5.35. The molecule has 0 aromatic carbocycles. The van der Waals surface area contributed by atoms with Gasteiger partial charge in [-0.3, -0.25) is 0 Å². The van der Waals surface area contributed by atoms with Crippen LogP contribution in [0.2, 0.25) is 0 Å². The predicted octanol–water partition coefficient (Wildman–Crippen LogP) is 1.99. The van der Waals surface area contributed by atoms with Gasteiger partial charge in [0.05, 0.1) is 7.11 Å². The molecular weight excluding hydrogens is 200 g/mol. The van der Waals surface area contributed by atoms with Crippen molar-refractivity contribution in [2.24, 2.45) is 5.73 Å². The van der Waals surface area contributed by atoms with Gasteiger partial charge in [0.1, 0.15) is 0 Å². The van der Waals surface area contributed by atoms with E-state index in [1.807, 2.05) is 0 Å². The van der Waals surface area contributed by atoms with Gasteiger partial charge in [0.15, 0.2) is 0 Å². The standard InChI is InChI=1S/C13H20N2O/c1-3-9-10-6-4-5-7-12(10)15-13(16-2)11(9)8-14/h3-8,14H2,1-2H3. The van der Waals surface area contributed by atoms with Gasteiger partial charge in [-0.1, -0.05) is 6.92 Å². The summed E-state index contributed by atoms with van der Waals surface area (Å²) in [6.07, 6.45) is 5.78. The van der Waals surface area contributed by atoms with Crippen molar-refractivity contribution in [2.45, 2.75) is 45.6 Å². The largest absolute Gasteiger partial charge is 0.481 e. The van der Waals surface area contributed by atoms with Crippen LogP contribution in [0, 0.1) is 0 Å². The zero-order chi connectivity index (χ0) is 11.5. The summed E-state index contributed by atoms with van der Waals surface area (Å²) >= 11 is 0. The molecule has 0 amide bonds. The molecule has 0 saturated carbocycles. The topological polar surface area (TPSA) is 48.1 Å². The highest BCUT2D eigenvalue weighted by Crippen LogP contribution is 2.30. The molecule has 0 aliphatic heterocycles. The van der Waals surface area contributed by atoms with Crippen molar-refractivity contribution in [1.82, 2.24) is 4.98 Å². The maximum atomic E-state index is 5.82. The van der Waals surface area contributed by atoms with Crippen molar-refractivity contribution in [1.29, 1.82) is 0 Å². The van der Waals surface area contributed by atoms with E-state index in [1.54, 1.807) is 7.11 Å². The second-order valence-corrected chi connectivity index (χ2v) is 4.27. The van der Waals surface area contributed by atoms with Crippen LogP contribution in [0.4, 0.5) is 0 Å². The number of fused-ring (bicyclic) bond motifs is 1. The Balaban J connectivity index is 2.59. The van der Waals surface area contributed by atoms with Gasteiger partial charge in [-0.15, -0.1) is 0 Å². The van der Waals surface area contributed by atoms with Crippen LogP contribution in [0.3, 0.4) is 0 Å². The lowest BCUT2D eigenvalue weighted by Crippen LogP contribution is -2.15. The van der Waals surface area contributed by atoms with Gasteiger partial charge in [0, 0.05) is 17.8 Å². The van der Waals surface area contributed by atoms with Crippen LogP contribution in [0.1, 0.15) is 42.1 Å². The van der Waals surface area contributed by atoms with E-state index >= 15 is 0 Å². The second kappa shape index (κ2) is 4.83. The normalized spacial score (nSPS) is 14.7. The van der Waals surface area contributed by atoms with E-state index in [1.165, 1.54) is 29.7 Å². The van der Waals surface area contributed by atoms with Crippen molar-refractivity contribution in [3.8, 4) is 5.88 Å². The molecule has 2 N–H and O–H groups in total. The molecule has 1 heterocycles. The number of methoxy groups -OCH3 is 1. The van der Waals surface area contributed by atoms with Crippen molar-refractivity contribution < 1.29 is 4.74 Å². The van der Waals surface area contributed by atoms with Crippen LogP contribution in [0.15, 0.2) is 0 Å². The Morgan fingerprint density at radius 1 is 1.25 bits per heavy atom. The number of rotatable bonds is 3. The molecule has 16 heavy (non-hydrogen) atoms. The zero-order valence-electron chi connectivity index (χ0n) is 10.2. The van der Waals surface area contributed by atoms with Gasteiger partial charge >= 0.3 is 0 Å². The molecule has 0 atom stereocenters. The number of aromatic nitrogens is 1. The Labute approximate surface area is 97.0 Å². The van der Waals surface area contributed by atoms with E-state index in [0.29, 0.717) is 6.54 Å². The van der Waals surface area contributed by atoms with Crippen LogP contribution in [0.25, 0.3) is 0 Å². The van der Waals surface area contributed by atoms with Crippen LogP contribution in [-0.2, 0) is 25.8 Å². The smallest absolute Gasteiger partial charge is 0.218 e. The molecule has 1 aromatic rings. The molecule has 88 valence electrons. The minimum atomic E-state index is 0.520. The van der Waals surface area contributed by atoms with Gasteiger partial charge in [-0.25, -0.2) is 4.98 Å². The first kappa shape index (κ1) is 11.4. The number of hydrogen-bond donors (Lipinski definition) is 1. The Hall–Kier alpha value is -1.09. The van der Waals surface area contributed by atoms with Crippen LogP contribution >= 0.6 is 0 Å². The maximum absolute atomic E-state index is 5.82. The third-order valence-corrected chi connectivity index (χ3v) is 3.41. The molecule has 3 nitrogen and oxygen atoms in total. The third kappa shape index (κ3) is 1.80. The third-order valence-electron chi connectivity index (χ3n) is 3.41. The first-order valence-corrected chi connectivity index (χ1v) is 6.09. The van der Waals surface area contributed by atoms with E-state index in [9.17, 15) is 0 Å². The van der Waals surface area contributed by atoms with E-state index in [2.05, 4.69) is 11.9 Å². The summed E-state index contributed by atoms with van der Waals surface area (Å²) in [5.74, 6) is 0.736. The lowest BCUT2D eigenvalue weighted by molar-refractivity contribution is 0.388. The lowest BCUT2D eigenvalue weighted by atomic mass is 9.89. The van der Waals surface area contributed by atoms with Crippen molar-refractivity contribution >= 4 is 0 Å². The van der Waals surface area contributed by atoms with Gasteiger partial charge in [0.2, 0.25) is 5.88 Å². The zero-order valence-corrected chi connectivity index (χ0v) is 10.2. The van der Waals surface area contributed by atoms with E-state index in [0.717, 1.165) is 30.7 Å². The molecule has 0 saturated heterocycles. The summed E-state index contributed by atoms with van der Waals surface area (Å²) in [7, 11) is 1.68. The number of hydrogen-bond acceptors (Lipinski definition) is 3. The van der Waals surface area contributed by atoms with Crippen molar-refractivity contribution in [2.75, 3.05) is 7.11 Å². The van der Waals surface area contributed by atoms with Gasteiger partial charge in [-0.05, 0) is 43.2 Å². The quantitative estimate of drug-likeness (QED) is 0.847. The van der Waals surface area contributed by atoms with Crippen molar-refractivity contribution in [3.05, 3.63) is 22.4 Å². The minimum absolute atomic E-state index is 0.520. The summed E-state index contributed by atoms with van der Waals surface area (Å²) in [6, 6.07) is 0. The average Bonchev–Trinajstić information content (AvgIpc) is 2.36. The fraction of sp³-hybridized carbons (Fsp3) is 0.615. The fourth-order valence-electron chi connectivity index (χ4n) is 2.65. The van der Waals surface area contributed by atoms with E-state index in [4.69, 9.17) is 10.5 Å². The monoisotopic (exact) mass is 220 g/mol. The van der Waals surface area contributed by atoms with Gasteiger partial charge in [-0.2, -0.15) is 0 Å². The molecule has 3 heteroatoms. The number of aryl methyl sites for hydroxylation is 1. The predicted molar refractivity (Wildman–Crippen MR) is 64.7 cm³/mol. The number of nitrogens with zero attached hydrogens (tertiary/aromatic N) is 1. The summed E-state index contributed by atoms with van der Waals surface area (Å²) in [6.45, 7) is 2.70. The Morgan fingerprint density at radius 3 is 2.62 bits per heavy atom. The maximum Gasteiger partial charge on any atom is 0.218 e. The SMILES string of the molecule is CCc1c2c(nc(OC)c1CN)CCCC2. The molecule has 1 aliphatic carbocycles. The summed E-state index contributed by atoms with van der Waals surface area (Å²) in [4.78, 5) is 4.61. The highest BCUT2D eigenvalue weighted by Gasteiger charge is 2.20. The molecule has 0 unspecified atom stereocenters. The molecule has 1 aliphatic rings. The minimum Gasteiger partial charge on any atom is -0.481 e. The van der Waals surface area contributed by atoms with E-state index < -0.39 is 0 Å². The molecule has 1 aromatic heterocycles. The average molecular weight is 220 g/mol. The number of pyridine rings is 1. The number of nitrogens with two attached hydrogens (primary N) is 1. The summed E-state index contributed by atoms with van der Waals surface area (Å²) in [5, 5.41) is 0. The van der Waals surface area contributed by atoms with Crippen LogP contribution in [-0.4, -0.2) is 12.1 Å². The van der Waals surface area contributed by atoms with Gasteiger partial charge in [0.25, 0.3) is 0 Å². The van der Waals surface area contributed by atoms with Crippen molar-refractivity contribution in [3.63, 3.8) is 0 Å². The molecule has 0 fully saturated rings. The van der Waals surface area contributed by atoms with E-state index in [-0.39, 0.29) is 0 Å². The Kier molecular flexibility index (Phi) is 3.44. The van der Waals surface area contributed by atoms with Gasteiger partial charge < -0.3 is 10.5 Å². The van der Waals surface area contributed by atoms with Crippen LogP contribution in [0.5, 0.6) is 5.88 Å². The Bertz CT molecular complexity index is 374. The highest BCUT2D eigenvalue weighted by atomic mass is 16.5. The Morgan fingerprint density at radius 2 is 2.00 bits per heavy atom. The first-order valence-electron chi connectivity index (χ1n) is 6.09. The molecule has 0 spiro atoms.